The molecule has 5 nitrogen and oxygen atoms in total. The van der Waals surface area contributed by atoms with Gasteiger partial charge in [0.15, 0.2) is 0 Å². The number of carbonyl (C=O) groups is 1. The highest BCUT2D eigenvalue weighted by atomic mass is 16.5. The van der Waals surface area contributed by atoms with Crippen LogP contribution in [0.15, 0.2) is 48.5 Å². The summed E-state index contributed by atoms with van der Waals surface area (Å²) < 4.78 is 6.97. The number of aromatic nitrogens is 1. The third-order valence-electron chi connectivity index (χ3n) is 4.02. The Morgan fingerprint density at radius 2 is 1.92 bits per heavy atom. The van der Waals surface area contributed by atoms with Gasteiger partial charge in [0, 0.05) is 16.8 Å². The lowest BCUT2D eigenvalue weighted by Crippen LogP contribution is -2.19. The van der Waals surface area contributed by atoms with Gasteiger partial charge in [-0.1, -0.05) is 18.2 Å². The first-order valence-electron chi connectivity index (χ1n) is 7.56. The van der Waals surface area contributed by atoms with Crippen LogP contribution in [0.1, 0.15) is 11.3 Å². The van der Waals surface area contributed by atoms with E-state index in [1.807, 2.05) is 35.8 Å². The maximum Gasteiger partial charge on any atom is 0.244 e. The van der Waals surface area contributed by atoms with Crippen molar-refractivity contribution in [1.82, 2.24) is 4.57 Å². The third kappa shape index (κ3) is 2.82. The van der Waals surface area contributed by atoms with Crippen molar-refractivity contribution in [2.45, 2.75) is 13.5 Å². The number of hydrogen-bond acceptors (Lipinski definition) is 3. The molecule has 0 spiro atoms. The quantitative estimate of drug-likeness (QED) is 0.800. The summed E-state index contributed by atoms with van der Waals surface area (Å²) in [4.78, 5) is 12.4. The van der Waals surface area contributed by atoms with Crippen LogP contribution >= 0.6 is 0 Å². The molecule has 1 amide bonds. The molecular formula is C19H17N3O2. The Hall–Kier alpha value is -3.26. The molecule has 3 aromatic rings. The fourth-order valence-corrected chi connectivity index (χ4v) is 2.79. The summed E-state index contributed by atoms with van der Waals surface area (Å²) in [5.41, 5.74) is 3.00. The van der Waals surface area contributed by atoms with Crippen molar-refractivity contribution in [1.29, 1.82) is 5.26 Å². The van der Waals surface area contributed by atoms with Gasteiger partial charge < -0.3 is 14.6 Å². The van der Waals surface area contributed by atoms with Crippen LogP contribution in [0.3, 0.4) is 0 Å². The molecule has 0 aliphatic carbocycles. The van der Waals surface area contributed by atoms with E-state index in [1.54, 1.807) is 31.4 Å². The van der Waals surface area contributed by atoms with E-state index in [2.05, 4.69) is 11.4 Å². The maximum absolute atomic E-state index is 12.4. The van der Waals surface area contributed by atoms with Gasteiger partial charge in [-0.3, -0.25) is 4.79 Å². The lowest BCUT2D eigenvalue weighted by atomic mass is 10.1. The van der Waals surface area contributed by atoms with E-state index < -0.39 is 0 Å². The van der Waals surface area contributed by atoms with Crippen LogP contribution in [-0.2, 0) is 11.3 Å². The first kappa shape index (κ1) is 15.6. The molecule has 0 saturated heterocycles. The Morgan fingerprint density at radius 1 is 1.21 bits per heavy atom. The number of hydrogen-bond donors (Lipinski definition) is 1. The van der Waals surface area contributed by atoms with Crippen molar-refractivity contribution < 1.29 is 9.53 Å². The molecule has 1 N–H and O–H groups in total. The summed E-state index contributed by atoms with van der Waals surface area (Å²) in [6.45, 7) is 2.01. The summed E-state index contributed by atoms with van der Waals surface area (Å²) in [5, 5.41) is 13.1. The second kappa shape index (κ2) is 6.47. The Morgan fingerprint density at radius 3 is 2.58 bits per heavy atom. The molecule has 0 fully saturated rings. The van der Waals surface area contributed by atoms with E-state index in [9.17, 15) is 10.1 Å². The first-order chi connectivity index (χ1) is 11.6. The van der Waals surface area contributed by atoms with E-state index in [4.69, 9.17) is 4.74 Å². The van der Waals surface area contributed by atoms with Gasteiger partial charge in [0.05, 0.1) is 18.2 Å². The van der Waals surface area contributed by atoms with Crippen molar-refractivity contribution in [3.8, 4) is 11.8 Å². The number of ether oxygens (including phenoxy) is 1. The number of fused-ring (bicyclic) bond motifs is 1. The molecule has 0 bridgehead atoms. The Labute approximate surface area is 140 Å². The fourth-order valence-electron chi connectivity index (χ4n) is 2.79. The minimum Gasteiger partial charge on any atom is -0.497 e. The van der Waals surface area contributed by atoms with Crippen molar-refractivity contribution >= 4 is 22.5 Å². The van der Waals surface area contributed by atoms with E-state index in [1.165, 1.54) is 0 Å². The average Bonchev–Trinajstić information content (AvgIpc) is 2.87. The zero-order valence-corrected chi connectivity index (χ0v) is 13.5. The molecule has 1 aromatic heterocycles. The minimum absolute atomic E-state index is 0.145. The van der Waals surface area contributed by atoms with Crippen molar-refractivity contribution in [2.24, 2.45) is 0 Å². The number of carbonyl (C=O) groups excluding carboxylic acids is 1. The van der Waals surface area contributed by atoms with E-state index in [-0.39, 0.29) is 12.5 Å². The Bertz CT molecular complexity index is 934. The van der Waals surface area contributed by atoms with Gasteiger partial charge >= 0.3 is 0 Å². The topological polar surface area (TPSA) is 67.0 Å². The summed E-state index contributed by atoms with van der Waals surface area (Å²) in [6, 6.07) is 17.0. The molecule has 0 aliphatic rings. The summed E-state index contributed by atoms with van der Waals surface area (Å²) in [5.74, 6) is 0.590. The maximum atomic E-state index is 12.4. The summed E-state index contributed by atoms with van der Waals surface area (Å²) in [7, 11) is 1.60. The van der Waals surface area contributed by atoms with Crippen LogP contribution in [0, 0.1) is 18.3 Å². The highest BCUT2D eigenvalue weighted by molar-refractivity contribution is 5.94. The lowest BCUT2D eigenvalue weighted by Gasteiger charge is -2.10. The van der Waals surface area contributed by atoms with Gasteiger partial charge in [-0.15, -0.1) is 0 Å². The van der Waals surface area contributed by atoms with Gasteiger partial charge in [0.2, 0.25) is 5.91 Å². The number of anilines is 1. The van der Waals surface area contributed by atoms with E-state index >= 15 is 0 Å². The van der Waals surface area contributed by atoms with Crippen molar-refractivity contribution in [3.05, 3.63) is 59.8 Å². The number of para-hydroxylation sites is 1. The smallest absolute Gasteiger partial charge is 0.244 e. The molecule has 0 radical (unpaired) electrons. The van der Waals surface area contributed by atoms with Crippen LogP contribution in [0.5, 0.6) is 5.75 Å². The molecule has 0 unspecified atom stereocenters. The largest absolute Gasteiger partial charge is 0.497 e. The number of nitrogens with one attached hydrogen (secondary N) is 1. The first-order valence-corrected chi connectivity index (χ1v) is 7.56. The normalized spacial score (nSPS) is 10.4. The van der Waals surface area contributed by atoms with Gasteiger partial charge in [-0.25, -0.2) is 0 Å². The Kier molecular flexibility index (Phi) is 4.21. The van der Waals surface area contributed by atoms with Crippen molar-refractivity contribution in [3.63, 3.8) is 0 Å². The number of methoxy groups -OCH3 is 1. The molecule has 0 aliphatic heterocycles. The molecule has 2 aromatic carbocycles. The minimum atomic E-state index is -0.145. The molecule has 120 valence electrons. The molecule has 5 heteroatoms. The number of benzene rings is 2. The number of amides is 1. The van der Waals surface area contributed by atoms with Crippen LogP contribution in [0.4, 0.5) is 5.69 Å². The Balaban J connectivity index is 1.85. The van der Waals surface area contributed by atoms with E-state index in [0.29, 0.717) is 11.3 Å². The average molecular weight is 319 g/mol. The highest BCUT2D eigenvalue weighted by Gasteiger charge is 2.15. The van der Waals surface area contributed by atoms with Gasteiger partial charge in [-0.05, 0) is 37.3 Å². The summed E-state index contributed by atoms with van der Waals surface area (Å²) in [6.07, 6.45) is 0. The zero-order chi connectivity index (χ0) is 17.1. The van der Waals surface area contributed by atoms with Crippen molar-refractivity contribution in [2.75, 3.05) is 12.4 Å². The predicted octanol–water partition coefficient (Wildman–Crippen LogP) is 3.47. The molecule has 1 heterocycles. The van der Waals surface area contributed by atoms with Gasteiger partial charge in [0.25, 0.3) is 0 Å². The lowest BCUT2D eigenvalue weighted by molar-refractivity contribution is -0.116. The molecule has 0 saturated carbocycles. The fraction of sp³-hybridized carbons (Fsp3) is 0.158. The molecule has 24 heavy (non-hydrogen) atoms. The number of nitrogens with zero attached hydrogens (tertiary/aromatic N) is 2. The monoisotopic (exact) mass is 319 g/mol. The predicted molar refractivity (Wildman–Crippen MR) is 93.0 cm³/mol. The van der Waals surface area contributed by atoms with E-state index in [0.717, 1.165) is 22.3 Å². The molecule has 0 atom stereocenters. The molecular weight excluding hydrogens is 302 g/mol. The number of rotatable bonds is 4. The van der Waals surface area contributed by atoms with Gasteiger partial charge in [-0.2, -0.15) is 5.26 Å². The summed E-state index contributed by atoms with van der Waals surface area (Å²) >= 11 is 0. The third-order valence-corrected chi connectivity index (χ3v) is 4.02. The SMILES string of the molecule is COc1ccc(NC(=O)Cn2c(C)c(C#N)c3ccccc32)cc1. The van der Waals surface area contributed by atoms with Crippen LogP contribution in [-0.4, -0.2) is 17.6 Å². The highest BCUT2D eigenvalue weighted by Crippen LogP contribution is 2.25. The second-order valence-corrected chi connectivity index (χ2v) is 5.45. The van der Waals surface area contributed by atoms with Crippen LogP contribution in [0.25, 0.3) is 10.9 Å². The number of nitriles is 1. The standard InChI is InChI=1S/C19H17N3O2/c1-13-17(11-20)16-5-3-4-6-18(16)22(13)12-19(23)21-14-7-9-15(24-2)10-8-14/h3-10H,12H2,1-2H3,(H,21,23). The second-order valence-electron chi connectivity index (χ2n) is 5.45. The molecule has 3 rings (SSSR count). The zero-order valence-electron chi connectivity index (χ0n) is 13.5. The van der Waals surface area contributed by atoms with Crippen LogP contribution < -0.4 is 10.1 Å². The van der Waals surface area contributed by atoms with Gasteiger partial charge in [0.1, 0.15) is 18.4 Å². The van der Waals surface area contributed by atoms with Crippen LogP contribution in [0.2, 0.25) is 0 Å².